The number of nitrogens with two attached hydrogens (primary N) is 1. The highest BCUT2D eigenvalue weighted by Gasteiger charge is 2.19. The molecule has 0 spiro atoms. The second-order valence-electron chi connectivity index (χ2n) is 4.30. The molecule has 0 aliphatic carbocycles. The molecule has 2 unspecified atom stereocenters. The van der Waals surface area contributed by atoms with Crippen LogP contribution in [0.3, 0.4) is 0 Å². The summed E-state index contributed by atoms with van der Waals surface area (Å²) in [5.74, 6) is 0.832. The molecule has 0 radical (unpaired) electrons. The lowest BCUT2D eigenvalue weighted by Crippen LogP contribution is -2.30. The number of anilines is 1. The Hall–Kier alpha value is -1.02. The predicted molar refractivity (Wildman–Crippen MR) is 60.0 cm³/mol. The van der Waals surface area contributed by atoms with E-state index in [1.807, 2.05) is 12.1 Å². The molecule has 3 N–H and O–H groups in total. The van der Waals surface area contributed by atoms with Crippen molar-refractivity contribution in [2.24, 2.45) is 5.92 Å². The van der Waals surface area contributed by atoms with Crippen LogP contribution in [-0.4, -0.2) is 6.54 Å². The van der Waals surface area contributed by atoms with E-state index in [-0.39, 0.29) is 0 Å². The zero-order chi connectivity index (χ0) is 9.97. The minimum Gasteiger partial charge on any atom is -0.399 e. The first-order valence-corrected chi connectivity index (χ1v) is 5.34. The number of hydrogen-bond donors (Lipinski definition) is 2. The summed E-state index contributed by atoms with van der Waals surface area (Å²) in [6, 6.07) is 8.75. The minimum atomic E-state index is 0.527. The number of rotatable bonds is 1. The first kappa shape index (κ1) is 9.53. The first-order valence-electron chi connectivity index (χ1n) is 5.34. The maximum atomic E-state index is 5.66. The zero-order valence-corrected chi connectivity index (χ0v) is 8.66. The van der Waals surface area contributed by atoms with Crippen molar-refractivity contribution >= 4 is 5.69 Å². The van der Waals surface area contributed by atoms with Gasteiger partial charge in [0.15, 0.2) is 0 Å². The van der Waals surface area contributed by atoms with Crippen molar-refractivity contribution in [2.75, 3.05) is 12.3 Å². The van der Waals surface area contributed by atoms with Gasteiger partial charge in [0, 0.05) is 11.7 Å². The number of piperidine rings is 1. The Morgan fingerprint density at radius 1 is 1.29 bits per heavy atom. The molecule has 1 aliphatic heterocycles. The van der Waals surface area contributed by atoms with Gasteiger partial charge in [-0.05, 0) is 43.0 Å². The van der Waals surface area contributed by atoms with Crippen LogP contribution >= 0.6 is 0 Å². The van der Waals surface area contributed by atoms with Gasteiger partial charge in [0.2, 0.25) is 0 Å². The van der Waals surface area contributed by atoms with Crippen LogP contribution in [0, 0.1) is 5.92 Å². The van der Waals surface area contributed by atoms with Crippen LogP contribution in [0.5, 0.6) is 0 Å². The van der Waals surface area contributed by atoms with E-state index in [2.05, 4.69) is 24.4 Å². The number of nitrogens with one attached hydrogen (secondary N) is 1. The predicted octanol–water partition coefficient (Wildman–Crippen LogP) is 2.33. The van der Waals surface area contributed by atoms with Crippen LogP contribution in [0.1, 0.15) is 31.4 Å². The molecule has 0 aromatic heterocycles. The van der Waals surface area contributed by atoms with Crippen LogP contribution in [-0.2, 0) is 0 Å². The number of hydrogen-bond acceptors (Lipinski definition) is 2. The van der Waals surface area contributed by atoms with Gasteiger partial charge in [-0.2, -0.15) is 0 Å². The fourth-order valence-electron chi connectivity index (χ4n) is 2.09. The first-order chi connectivity index (χ1) is 6.75. The molecular formula is C12H18N2. The summed E-state index contributed by atoms with van der Waals surface area (Å²) in [6.45, 7) is 3.46. The third kappa shape index (κ3) is 2.07. The molecule has 14 heavy (non-hydrogen) atoms. The van der Waals surface area contributed by atoms with Gasteiger partial charge in [-0.3, -0.25) is 0 Å². The average Bonchev–Trinajstić information content (AvgIpc) is 2.19. The van der Waals surface area contributed by atoms with Gasteiger partial charge in [-0.25, -0.2) is 0 Å². The van der Waals surface area contributed by atoms with Crippen molar-refractivity contribution in [2.45, 2.75) is 25.8 Å². The Kier molecular flexibility index (Phi) is 2.73. The van der Waals surface area contributed by atoms with E-state index >= 15 is 0 Å². The van der Waals surface area contributed by atoms with Crippen LogP contribution in [0.15, 0.2) is 24.3 Å². The van der Waals surface area contributed by atoms with Gasteiger partial charge in [-0.1, -0.05) is 19.1 Å². The van der Waals surface area contributed by atoms with Gasteiger partial charge >= 0.3 is 0 Å². The van der Waals surface area contributed by atoms with E-state index < -0.39 is 0 Å². The highest BCUT2D eigenvalue weighted by atomic mass is 14.9. The van der Waals surface area contributed by atoms with Crippen LogP contribution in [0.4, 0.5) is 5.69 Å². The Balaban J connectivity index is 2.10. The van der Waals surface area contributed by atoms with Crippen LogP contribution < -0.4 is 11.1 Å². The Morgan fingerprint density at radius 3 is 2.64 bits per heavy atom. The summed E-state index contributed by atoms with van der Waals surface area (Å²) < 4.78 is 0. The molecular weight excluding hydrogens is 172 g/mol. The maximum Gasteiger partial charge on any atom is 0.0322 e. The molecule has 76 valence electrons. The summed E-state index contributed by atoms with van der Waals surface area (Å²) in [4.78, 5) is 0. The van der Waals surface area contributed by atoms with Gasteiger partial charge < -0.3 is 11.1 Å². The van der Waals surface area contributed by atoms with Gasteiger partial charge in [0.1, 0.15) is 0 Å². The molecule has 0 bridgehead atoms. The third-order valence-electron chi connectivity index (χ3n) is 3.00. The maximum absolute atomic E-state index is 5.66. The van der Waals surface area contributed by atoms with Crippen LogP contribution in [0.2, 0.25) is 0 Å². The van der Waals surface area contributed by atoms with E-state index in [1.54, 1.807) is 0 Å². The SMILES string of the molecule is CC1CCNC(c2ccc(N)cc2)C1. The summed E-state index contributed by atoms with van der Waals surface area (Å²) >= 11 is 0. The molecule has 1 aromatic carbocycles. The lowest BCUT2D eigenvalue weighted by molar-refractivity contribution is 0.325. The molecule has 1 aromatic rings. The lowest BCUT2D eigenvalue weighted by Gasteiger charge is -2.28. The highest BCUT2D eigenvalue weighted by Crippen LogP contribution is 2.26. The van der Waals surface area contributed by atoms with Crippen molar-refractivity contribution in [1.82, 2.24) is 5.32 Å². The summed E-state index contributed by atoms with van der Waals surface area (Å²) in [7, 11) is 0. The highest BCUT2D eigenvalue weighted by molar-refractivity contribution is 5.40. The van der Waals surface area contributed by atoms with Gasteiger partial charge in [0.25, 0.3) is 0 Å². The zero-order valence-electron chi connectivity index (χ0n) is 8.66. The summed E-state index contributed by atoms with van der Waals surface area (Å²) in [6.07, 6.45) is 2.54. The normalized spacial score (nSPS) is 27.5. The fraction of sp³-hybridized carbons (Fsp3) is 0.500. The van der Waals surface area contributed by atoms with Crippen molar-refractivity contribution in [3.63, 3.8) is 0 Å². The van der Waals surface area contributed by atoms with Gasteiger partial charge in [0.05, 0.1) is 0 Å². The second-order valence-corrected chi connectivity index (χ2v) is 4.30. The summed E-state index contributed by atoms with van der Waals surface area (Å²) in [5.41, 5.74) is 7.87. The van der Waals surface area contributed by atoms with E-state index in [1.165, 1.54) is 18.4 Å². The van der Waals surface area contributed by atoms with Crippen molar-refractivity contribution < 1.29 is 0 Å². The van der Waals surface area contributed by atoms with Crippen molar-refractivity contribution in [3.05, 3.63) is 29.8 Å². The van der Waals surface area contributed by atoms with Crippen molar-refractivity contribution in [1.29, 1.82) is 0 Å². The fourth-order valence-corrected chi connectivity index (χ4v) is 2.09. The molecule has 1 heterocycles. The van der Waals surface area contributed by atoms with E-state index in [9.17, 15) is 0 Å². The average molecular weight is 190 g/mol. The number of nitrogen functional groups attached to an aromatic ring is 1. The summed E-state index contributed by atoms with van der Waals surface area (Å²) in [5, 5.41) is 3.54. The molecule has 1 fully saturated rings. The molecule has 1 aliphatic rings. The lowest BCUT2D eigenvalue weighted by atomic mass is 9.90. The Bertz CT molecular complexity index is 292. The third-order valence-corrected chi connectivity index (χ3v) is 3.00. The molecule has 2 nitrogen and oxygen atoms in total. The van der Waals surface area contributed by atoms with E-state index in [0.29, 0.717) is 6.04 Å². The Morgan fingerprint density at radius 2 is 2.00 bits per heavy atom. The largest absolute Gasteiger partial charge is 0.399 e. The standard InChI is InChI=1S/C12H18N2/c1-9-6-7-14-12(8-9)10-2-4-11(13)5-3-10/h2-5,9,12,14H,6-8,13H2,1H3. The monoisotopic (exact) mass is 190 g/mol. The minimum absolute atomic E-state index is 0.527. The van der Waals surface area contributed by atoms with Crippen LogP contribution in [0.25, 0.3) is 0 Å². The molecule has 0 saturated carbocycles. The van der Waals surface area contributed by atoms with Gasteiger partial charge in [-0.15, -0.1) is 0 Å². The van der Waals surface area contributed by atoms with Crippen molar-refractivity contribution in [3.8, 4) is 0 Å². The quantitative estimate of drug-likeness (QED) is 0.667. The molecule has 0 amide bonds. The molecule has 2 rings (SSSR count). The molecule has 2 atom stereocenters. The molecule has 2 heteroatoms. The second kappa shape index (κ2) is 4.01. The molecule has 1 saturated heterocycles. The Labute approximate surface area is 85.5 Å². The van der Waals surface area contributed by atoms with E-state index in [4.69, 9.17) is 5.73 Å². The smallest absolute Gasteiger partial charge is 0.0322 e. The number of benzene rings is 1. The topological polar surface area (TPSA) is 38.0 Å². The van der Waals surface area contributed by atoms with E-state index in [0.717, 1.165) is 18.2 Å².